The minimum Gasteiger partial charge on any atom is -0.348 e. The number of aromatic amines is 1. The van der Waals surface area contributed by atoms with Crippen LogP contribution in [0.15, 0.2) is 4.90 Å². The smallest absolute Gasteiger partial charge is 0.273 e. The summed E-state index contributed by atoms with van der Waals surface area (Å²) in [7, 11) is -3.97. The Balaban J connectivity index is 1.90. The highest BCUT2D eigenvalue weighted by Gasteiger charge is 2.37. The van der Waals surface area contributed by atoms with Crippen LogP contribution in [0.3, 0.4) is 0 Å². The third-order valence-electron chi connectivity index (χ3n) is 3.92. The Morgan fingerprint density at radius 3 is 2.55 bits per heavy atom. The van der Waals surface area contributed by atoms with Gasteiger partial charge in [-0.15, -0.1) is 0 Å². The molecule has 2 aliphatic carbocycles. The molecule has 4 N–H and O–H groups in total. The molecular weight excluding hydrogens is 280 g/mol. The molecule has 0 aliphatic heterocycles. The topological polar surface area (TPSA) is 118 Å². The Labute approximate surface area is 117 Å². The highest BCUT2D eigenvalue weighted by molar-refractivity contribution is 7.89. The summed E-state index contributed by atoms with van der Waals surface area (Å²) in [5, 5.41) is 14.6. The molecule has 2 aliphatic rings. The summed E-state index contributed by atoms with van der Waals surface area (Å²) in [5.74, 6) is 0.133. The minimum absolute atomic E-state index is 0.0249. The highest BCUT2D eigenvalue weighted by Crippen LogP contribution is 2.42. The molecule has 2 saturated carbocycles. The number of hydrogen-bond donors (Lipinski definition) is 3. The number of sulfonamides is 1. The van der Waals surface area contributed by atoms with Crippen LogP contribution in [0.2, 0.25) is 0 Å². The third-order valence-corrected chi connectivity index (χ3v) is 4.90. The van der Waals surface area contributed by atoms with Gasteiger partial charge in [-0.2, -0.15) is 5.10 Å². The fourth-order valence-electron chi connectivity index (χ4n) is 2.43. The van der Waals surface area contributed by atoms with Gasteiger partial charge in [-0.3, -0.25) is 9.89 Å². The van der Waals surface area contributed by atoms with Gasteiger partial charge in [-0.1, -0.05) is 0 Å². The number of primary sulfonamides is 1. The zero-order chi connectivity index (χ0) is 14.5. The Hall–Kier alpha value is -1.41. The van der Waals surface area contributed by atoms with Gasteiger partial charge >= 0.3 is 0 Å². The lowest BCUT2D eigenvalue weighted by Crippen LogP contribution is -2.35. The molecule has 0 saturated heterocycles. The van der Waals surface area contributed by atoms with Crippen LogP contribution in [0.1, 0.15) is 54.7 Å². The molecular formula is C12H18N4O3S. The second-order valence-corrected chi connectivity index (χ2v) is 7.23. The molecule has 0 radical (unpaired) electrons. The van der Waals surface area contributed by atoms with E-state index in [1.54, 1.807) is 0 Å². The first-order valence-electron chi connectivity index (χ1n) is 6.80. The van der Waals surface area contributed by atoms with E-state index in [2.05, 4.69) is 15.5 Å². The first-order chi connectivity index (χ1) is 9.38. The number of nitrogens with one attached hydrogen (secondary N) is 2. The van der Waals surface area contributed by atoms with Crippen molar-refractivity contribution in [3.8, 4) is 0 Å². The van der Waals surface area contributed by atoms with E-state index in [0.717, 1.165) is 25.7 Å². The zero-order valence-electron chi connectivity index (χ0n) is 11.2. The van der Waals surface area contributed by atoms with Crippen LogP contribution in [0.4, 0.5) is 0 Å². The van der Waals surface area contributed by atoms with Crippen molar-refractivity contribution in [1.82, 2.24) is 15.5 Å². The predicted molar refractivity (Wildman–Crippen MR) is 71.6 cm³/mol. The Morgan fingerprint density at radius 2 is 2.05 bits per heavy atom. The monoisotopic (exact) mass is 298 g/mol. The molecule has 1 unspecified atom stereocenters. The minimum atomic E-state index is -3.97. The van der Waals surface area contributed by atoms with E-state index in [1.165, 1.54) is 0 Å². The van der Waals surface area contributed by atoms with Crippen molar-refractivity contribution in [2.45, 2.75) is 49.5 Å². The highest BCUT2D eigenvalue weighted by atomic mass is 32.2. The number of amides is 1. The molecule has 1 aromatic heterocycles. The van der Waals surface area contributed by atoms with Gasteiger partial charge in [0.25, 0.3) is 5.91 Å². The number of aromatic nitrogens is 2. The molecule has 20 heavy (non-hydrogen) atoms. The van der Waals surface area contributed by atoms with E-state index in [-0.39, 0.29) is 22.5 Å². The summed E-state index contributed by atoms with van der Waals surface area (Å²) >= 11 is 0. The summed E-state index contributed by atoms with van der Waals surface area (Å²) in [6, 6.07) is 0.0249. The summed E-state index contributed by atoms with van der Waals surface area (Å²) in [5.41, 5.74) is 0.360. The first-order valence-corrected chi connectivity index (χ1v) is 8.34. The van der Waals surface area contributed by atoms with Crippen molar-refractivity contribution in [2.75, 3.05) is 0 Å². The number of carbonyl (C=O) groups is 1. The molecule has 1 heterocycles. The third kappa shape index (κ3) is 2.57. The van der Waals surface area contributed by atoms with Crippen LogP contribution in [-0.4, -0.2) is 30.6 Å². The number of carbonyl (C=O) groups excluding carboxylic acids is 1. The van der Waals surface area contributed by atoms with Crippen LogP contribution >= 0.6 is 0 Å². The number of nitrogens with zero attached hydrogens (tertiary/aromatic N) is 1. The van der Waals surface area contributed by atoms with Crippen molar-refractivity contribution >= 4 is 15.9 Å². The fraction of sp³-hybridized carbons (Fsp3) is 0.667. The molecule has 3 rings (SSSR count). The van der Waals surface area contributed by atoms with Gasteiger partial charge in [-0.25, -0.2) is 13.6 Å². The Kier molecular flexibility index (Phi) is 3.09. The van der Waals surface area contributed by atoms with E-state index >= 15 is 0 Å². The van der Waals surface area contributed by atoms with Crippen LogP contribution in [0.25, 0.3) is 0 Å². The normalized spacial score (nSPS) is 20.7. The van der Waals surface area contributed by atoms with Gasteiger partial charge in [0.2, 0.25) is 10.0 Å². The maximum absolute atomic E-state index is 12.2. The summed E-state index contributed by atoms with van der Waals surface area (Å²) in [6.45, 7) is 1.92. The van der Waals surface area contributed by atoms with Crippen molar-refractivity contribution in [2.24, 2.45) is 11.1 Å². The lowest BCUT2D eigenvalue weighted by molar-refractivity contribution is 0.0927. The lowest BCUT2D eigenvalue weighted by Gasteiger charge is -2.12. The molecule has 0 spiro atoms. The van der Waals surface area contributed by atoms with Gasteiger partial charge < -0.3 is 5.32 Å². The quantitative estimate of drug-likeness (QED) is 0.732. The van der Waals surface area contributed by atoms with Crippen molar-refractivity contribution in [3.63, 3.8) is 0 Å². The van der Waals surface area contributed by atoms with Crippen LogP contribution in [0.5, 0.6) is 0 Å². The van der Waals surface area contributed by atoms with E-state index < -0.39 is 15.9 Å². The summed E-state index contributed by atoms with van der Waals surface area (Å²) < 4.78 is 23.5. The maximum Gasteiger partial charge on any atom is 0.273 e. The van der Waals surface area contributed by atoms with E-state index in [9.17, 15) is 13.2 Å². The predicted octanol–water partition coefficient (Wildman–Crippen LogP) is 0.463. The van der Waals surface area contributed by atoms with Gasteiger partial charge in [0.1, 0.15) is 4.90 Å². The van der Waals surface area contributed by atoms with Gasteiger partial charge in [0, 0.05) is 12.0 Å². The summed E-state index contributed by atoms with van der Waals surface area (Å²) in [4.78, 5) is 12.1. The van der Waals surface area contributed by atoms with Crippen LogP contribution in [-0.2, 0) is 10.0 Å². The largest absolute Gasteiger partial charge is 0.348 e. The van der Waals surface area contributed by atoms with E-state index in [1.807, 2.05) is 6.92 Å². The van der Waals surface area contributed by atoms with Crippen molar-refractivity contribution in [1.29, 1.82) is 0 Å². The number of hydrogen-bond acceptors (Lipinski definition) is 4. The molecule has 8 heteroatoms. The standard InChI is InChI=1S/C12H18N4O3S/c1-6(7-2-3-7)14-12(17)10-11(20(13,18)19)9(15-16-10)8-4-5-8/h6-8H,2-5H2,1H3,(H,14,17)(H,15,16)(H2,13,18,19). The summed E-state index contributed by atoms with van der Waals surface area (Å²) in [6.07, 6.45) is 3.98. The Morgan fingerprint density at radius 1 is 1.40 bits per heavy atom. The molecule has 110 valence electrons. The van der Waals surface area contributed by atoms with E-state index in [0.29, 0.717) is 11.6 Å². The Bertz CT molecular complexity index is 644. The van der Waals surface area contributed by atoms with Gasteiger partial charge in [0.05, 0.1) is 5.69 Å². The molecule has 1 aromatic rings. The average molecular weight is 298 g/mol. The van der Waals surface area contributed by atoms with Crippen molar-refractivity contribution in [3.05, 3.63) is 11.4 Å². The van der Waals surface area contributed by atoms with E-state index in [4.69, 9.17) is 5.14 Å². The van der Waals surface area contributed by atoms with Crippen LogP contribution < -0.4 is 10.5 Å². The molecule has 7 nitrogen and oxygen atoms in total. The molecule has 0 bridgehead atoms. The maximum atomic E-state index is 12.2. The molecule has 2 fully saturated rings. The molecule has 1 amide bonds. The average Bonchev–Trinajstić information content (AvgIpc) is 3.23. The number of nitrogens with two attached hydrogens (primary N) is 1. The van der Waals surface area contributed by atoms with Crippen LogP contribution in [0, 0.1) is 5.92 Å². The van der Waals surface area contributed by atoms with Crippen molar-refractivity contribution < 1.29 is 13.2 Å². The molecule has 1 atom stereocenters. The first kappa shape index (κ1) is 13.6. The fourth-order valence-corrected chi connectivity index (χ4v) is 3.35. The van der Waals surface area contributed by atoms with Gasteiger partial charge in [-0.05, 0) is 38.5 Å². The molecule has 0 aromatic carbocycles. The number of rotatable bonds is 5. The second-order valence-electron chi connectivity index (χ2n) is 5.73. The zero-order valence-corrected chi connectivity index (χ0v) is 12.0. The lowest BCUT2D eigenvalue weighted by atomic mass is 10.2. The number of H-pyrrole nitrogens is 1. The van der Waals surface area contributed by atoms with Gasteiger partial charge in [0.15, 0.2) is 5.69 Å². The second kappa shape index (κ2) is 4.56. The SMILES string of the molecule is CC(NC(=O)c1n[nH]c(C2CC2)c1S(N)(=O)=O)C1CC1.